The van der Waals surface area contributed by atoms with Crippen molar-refractivity contribution in [3.05, 3.63) is 36.3 Å². The van der Waals surface area contributed by atoms with Crippen molar-refractivity contribution in [2.24, 2.45) is 12.0 Å². The van der Waals surface area contributed by atoms with Gasteiger partial charge in [0.2, 0.25) is 0 Å². The normalized spacial score (nSPS) is 13.3. The number of hydrogen-bond donors (Lipinski definition) is 2. The van der Waals surface area contributed by atoms with E-state index in [1.165, 1.54) is 0 Å². The Hall–Kier alpha value is -2.35. The number of hydrogen-bond acceptors (Lipinski definition) is 5. The molecule has 1 unspecified atom stereocenters. The molecule has 2 aromatic rings. The van der Waals surface area contributed by atoms with Crippen LogP contribution in [0.4, 0.5) is 0 Å². The van der Waals surface area contributed by atoms with Gasteiger partial charge in [-0.3, -0.25) is 14.6 Å². The number of nitrogens with zero attached hydrogens (tertiary/aromatic N) is 5. The third-order valence-corrected chi connectivity index (χ3v) is 4.03. The quantitative estimate of drug-likeness (QED) is 0.557. The van der Waals surface area contributed by atoms with Gasteiger partial charge in [0.05, 0.1) is 18.8 Å². The number of aliphatic imine (C=N–C) groups is 1. The van der Waals surface area contributed by atoms with Gasteiger partial charge >= 0.3 is 0 Å². The Bertz CT molecular complexity index is 616. The van der Waals surface area contributed by atoms with Crippen molar-refractivity contribution in [3.8, 4) is 0 Å². The average Bonchev–Trinajstić information content (AvgIpc) is 3.26. The number of furan rings is 1. The number of rotatable bonds is 8. The smallest absolute Gasteiger partial charge is 0.191 e. The van der Waals surface area contributed by atoms with Crippen LogP contribution in [-0.2, 0) is 13.6 Å². The van der Waals surface area contributed by atoms with E-state index < -0.39 is 0 Å². The number of aromatic nitrogens is 3. The molecular weight excluding hydrogens is 306 g/mol. The monoisotopic (exact) mass is 333 g/mol. The summed E-state index contributed by atoms with van der Waals surface area (Å²) in [6, 6.07) is 4.09. The number of nitrogens with one attached hydrogen (secondary N) is 2. The minimum Gasteiger partial charge on any atom is -0.468 e. The van der Waals surface area contributed by atoms with Crippen molar-refractivity contribution in [2.75, 3.05) is 26.7 Å². The van der Waals surface area contributed by atoms with E-state index in [9.17, 15) is 0 Å². The molecule has 2 heterocycles. The Kier molecular flexibility index (Phi) is 6.80. The van der Waals surface area contributed by atoms with Crippen molar-refractivity contribution in [1.82, 2.24) is 30.3 Å². The van der Waals surface area contributed by atoms with E-state index in [0.29, 0.717) is 13.1 Å². The maximum Gasteiger partial charge on any atom is 0.191 e. The molecule has 132 valence electrons. The lowest BCUT2D eigenvalue weighted by Crippen LogP contribution is -2.43. The van der Waals surface area contributed by atoms with Crippen LogP contribution in [0.5, 0.6) is 0 Å². The Balaban J connectivity index is 1.95. The molecule has 0 spiro atoms. The second-order valence-corrected chi connectivity index (χ2v) is 5.36. The molecule has 2 N–H and O–H groups in total. The van der Waals surface area contributed by atoms with Gasteiger partial charge in [-0.1, -0.05) is 13.8 Å². The lowest BCUT2D eigenvalue weighted by atomic mass is 10.2. The molecule has 0 radical (unpaired) electrons. The third-order valence-electron chi connectivity index (χ3n) is 4.03. The molecule has 2 rings (SSSR count). The summed E-state index contributed by atoms with van der Waals surface area (Å²) in [7, 11) is 3.62. The third kappa shape index (κ3) is 4.58. The molecule has 0 saturated carbocycles. The van der Waals surface area contributed by atoms with Crippen LogP contribution >= 0.6 is 0 Å². The lowest BCUT2D eigenvalue weighted by molar-refractivity contribution is 0.193. The molecule has 24 heavy (non-hydrogen) atoms. The van der Waals surface area contributed by atoms with Gasteiger partial charge in [-0.15, -0.1) is 0 Å². The van der Waals surface area contributed by atoms with Gasteiger partial charge in [-0.25, -0.2) is 4.98 Å². The first-order valence-electron chi connectivity index (χ1n) is 8.24. The molecule has 0 aliphatic heterocycles. The summed E-state index contributed by atoms with van der Waals surface area (Å²) < 4.78 is 7.36. The summed E-state index contributed by atoms with van der Waals surface area (Å²) in [6.07, 6.45) is 3.26. The first-order valence-corrected chi connectivity index (χ1v) is 8.24. The molecule has 0 saturated heterocycles. The molecule has 0 aliphatic rings. The van der Waals surface area contributed by atoms with Crippen LogP contribution in [0.25, 0.3) is 0 Å². The maximum atomic E-state index is 5.62. The van der Waals surface area contributed by atoms with Crippen LogP contribution in [0.2, 0.25) is 0 Å². The molecule has 1 atom stereocenters. The second kappa shape index (κ2) is 9.07. The van der Waals surface area contributed by atoms with E-state index >= 15 is 0 Å². The fourth-order valence-electron chi connectivity index (χ4n) is 2.61. The van der Waals surface area contributed by atoms with Gasteiger partial charge in [-0.05, 0) is 25.2 Å². The van der Waals surface area contributed by atoms with Crippen molar-refractivity contribution in [2.45, 2.75) is 26.4 Å². The van der Waals surface area contributed by atoms with Crippen molar-refractivity contribution in [1.29, 1.82) is 0 Å². The van der Waals surface area contributed by atoms with Crippen molar-refractivity contribution in [3.63, 3.8) is 0 Å². The van der Waals surface area contributed by atoms with Gasteiger partial charge in [0.1, 0.15) is 17.9 Å². The highest BCUT2D eigenvalue weighted by Gasteiger charge is 2.20. The predicted octanol–water partition coefficient (Wildman–Crippen LogP) is 1.16. The highest BCUT2D eigenvalue weighted by molar-refractivity contribution is 5.79. The van der Waals surface area contributed by atoms with Gasteiger partial charge in [0.15, 0.2) is 5.96 Å². The lowest BCUT2D eigenvalue weighted by Gasteiger charge is -2.28. The van der Waals surface area contributed by atoms with Gasteiger partial charge in [-0.2, -0.15) is 5.10 Å². The molecule has 0 aromatic carbocycles. The standard InChI is InChI=1S/C16H27N7O/c1-5-23(6-2)13(14-8-7-9-24-14)10-18-16(17-3)19-11-15-20-12-21-22(15)4/h7-9,12-13H,5-6,10-11H2,1-4H3,(H2,17,18,19). The minimum absolute atomic E-state index is 0.156. The zero-order chi connectivity index (χ0) is 17.4. The molecule has 0 amide bonds. The van der Waals surface area contributed by atoms with Crippen LogP contribution in [0.3, 0.4) is 0 Å². The largest absolute Gasteiger partial charge is 0.468 e. The van der Waals surface area contributed by atoms with E-state index in [-0.39, 0.29) is 6.04 Å². The zero-order valence-electron chi connectivity index (χ0n) is 14.9. The molecule has 0 aliphatic carbocycles. The fraction of sp³-hybridized carbons (Fsp3) is 0.562. The summed E-state index contributed by atoms with van der Waals surface area (Å²) in [5.41, 5.74) is 0. The van der Waals surface area contributed by atoms with E-state index in [1.807, 2.05) is 19.2 Å². The van der Waals surface area contributed by atoms with E-state index in [4.69, 9.17) is 4.42 Å². The number of guanidine groups is 1. The molecular formula is C16H27N7O. The average molecular weight is 333 g/mol. The molecule has 2 aromatic heterocycles. The summed E-state index contributed by atoms with van der Waals surface area (Å²) in [5.74, 6) is 2.53. The summed E-state index contributed by atoms with van der Waals surface area (Å²) in [5, 5.41) is 10.7. The van der Waals surface area contributed by atoms with E-state index in [2.05, 4.69) is 44.5 Å². The molecule has 8 nitrogen and oxygen atoms in total. The first kappa shape index (κ1) is 18.0. The topological polar surface area (TPSA) is 83.5 Å². The van der Waals surface area contributed by atoms with Crippen molar-refractivity contribution >= 4 is 5.96 Å². The molecule has 0 fully saturated rings. The van der Waals surface area contributed by atoms with E-state index in [1.54, 1.807) is 24.3 Å². The van der Waals surface area contributed by atoms with Crippen LogP contribution in [0.1, 0.15) is 31.5 Å². The zero-order valence-corrected chi connectivity index (χ0v) is 14.9. The Morgan fingerprint density at radius 3 is 2.71 bits per heavy atom. The maximum absolute atomic E-state index is 5.62. The second-order valence-electron chi connectivity index (χ2n) is 5.36. The highest BCUT2D eigenvalue weighted by atomic mass is 16.3. The van der Waals surface area contributed by atoms with E-state index in [0.717, 1.165) is 30.6 Å². The summed E-state index contributed by atoms with van der Waals surface area (Å²) >= 11 is 0. The first-order chi connectivity index (χ1) is 11.7. The summed E-state index contributed by atoms with van der Waals surface area (Å²) in [4.78, 5) is 10.8. The Morgan fingerprint density at radius 1 is 1.38 bits per heavy atom. The number of likely N-dealkylation sites (N-methyl/N-ethyl adjacent to an activating group) is 1. The van der Waals surface area contributed by atoms with Gasteiger partial charge < -0.3 is 15.1 Å². The van der Waals surface area contributed by atoms with Crippen LogP contribution < -0.4 is 10.6 Å². The molecule has 8 heteroatoms. The fourth-order valence-corrected chi connectivity index (χ4v) is 2.61. The Morgan fingerprint density at radius 2 is 2.17 bits per heavy atom. The highest BCUT2D eigenvalue weighted by Crippen LogP contribution is 2.20. The van der Waals surface area contributed by atoms with Gasteiger partial charge in [0.25, 0.3) is 0 Å². The Labute approximate surface area is 143 Å². The van der Waals surface area contributed by atoms with Crippen LogP contribution in [-0.4, -0.2) is 52.3 Å². The predicted molar refractivity (Wildman–Crippen MR) is 93.6 cm³/mol. The minimum atomic E-state index is 0.156. The van der Waals surface area contributed by atoms with Gasteiger partial charge in [0, 0.05) is 20.6 Å². The molecule has 0 bridgehead atoms. The van der Waals surface area contributed by atoms with Crippen LogP contribution in [0, 0.1) is 0 Å². The van der Waals surface area contributed by atoms with Crippen molar-refractivity contribution < 1.29 is 4.42 Å². The summed E-state index contributed by atoms with van der Waals surface area (Å²) in [6.45, 7) is 7.48. The SMILES string of the molecule is CCN(CC)C(CNC(=NC)NCc1ncnn1C)c1ccco1. The van der Waals surface area contributed by atoms with Crippen LogP contribution in [0.15, 0.2) is 34.1 Å². The number of aryl methyl sites for hydroxylation is 1.